The summed E-state index contributed by atoms with van der Waals surface area (Å²) in [5, 5.41) is 12.6. The Bertz CT molecular complexity index is 534. The van der Waals surface area contributed by atoms with Crippen LogP contribution in [0.3, 0.4) is 0 Å². The van der Waals surface area contributed by atoms with Gasteiger partial charge in [0.2, 0.25) is 0 Å². The third-order valence-electron chi connectivity index (χ3n) is 3.45. The average molecular weight is 356 g/mol. The maximum Gasteiger partial charge on any atom is 0.0738 e. The van der Waals surface area contributed by atoms with Gasteiger partial charge < -0.3 is 5.32 Å². The van der Waals surface area contributed by atoms with Crippen molar-refractivity contribution in [3.8, 4) is 0 Å². The molecule has 110 valence electrons. The highest BCUT2D eigenvalue weighted by atomic mass is 79.9. The fraction of sp³-hybridized carbons (Fsp3) is 0.533. The predicted octanol–water partition coefficient (Wildman–Crippen LogP) is 3.80. The second-order valence-electron chi connectivity index (χ2n) is 4.96. The van der Waals surface area contributed by atoms with Crippen molar-refractivity contribution in [2.75, 3.05) is 6.54 Å². The van der Waals surface area contributed by atoms with Crippen LogP contribution in [0.15, 0.2) is 21.3 Å². The fourth-order valence-corrected chi connectivity index (χ4v) is 3.62. The molecule has 0 aromatic carbocycles. The van der Waals surface area contributed by atoms with Crippen molar-refractivity contribution in [3.05, 3.63) is 38.3 Å². The van der Waals surface area contributed by atoms with Gasteiger partial charge in [0.15, 0.2) is 0 Å². The summed E-state index contributed by atoms with van der Waals surface area (Å²) in [6, 6.07) is 2.67. The quantitative estimate of drug-likeness (QED) is 0.818. The van der Waals surface area contributed by atoms with Crippen molar-refractivity contribution >= 4 is 27.3 Å². The molecule has 1 atom stereocenters. The molecule has 0 radical (unpaired) electrons. The highest BCUT2D eigenvalue weighted by Crippen LogP contribution is 2.23. The van der Waals surface area contributed by atoms with Crippen molar-refractivity contribution in [1.29, 1.82) is 0 Å². The van der Waals surface area contributed by atoms with Gasteiger partial charge in [0.1, 0.15) is 0 Å². The zero-order valence-corrected chi connectivity index (χ0v) is 14.7. The van der Waals surface area contributed by atoms with Crippen LogP contribution < -0.4 is 5.32 Å². The Labute approximate surface area is 133 Å². The van der Waals surface area contributed by atoms with Crippen LogP contribution in [0.2, 0.25) is 0 Å². The van der Waals surface area contributed by atoms with Crippen LogP contribution in [0.25, 0.3) is 0 Å². The molecule has 2 heterocycles. The summed E-state index contributed by atoms with van der Waals surface area (Å²) in [6.07, 6.45) is 2.07. The lowest BCUT2D eigenvalue weighted by molar-refractivity contribution is 0.495. The van der Waals surface area contributed by atoms with E-state index in [0.29, 0.717) is 6.04 Å². The summed E-state index contributed by atoms with van der Waals surface area (Å²) in [6.45, 7) is 8.27. The summed E-state index contributed by atoms with van der Waals surface area (Å²) >= 11 is 5.46. The first-order chi connectivity index (χ1) is 9.65. The van der Waals surface area contributed by atoms with Crippen LogP contribution in [-0.4, -0.2) is 22.4 Å². The third kappa shape index (κ3) is 3.71. The summed E-state index contributed by atoms with van der Waals surface area (Å²) < 4.78 is 3.27. The molecular weight excluding hydrogens is 334 g/mol. The number of aromatic nitrogens is 2. The Kier molecular flexibility index (Phi) is 5.81. The van der Waals surface area contributed by atoms with E-state index in [1.807, 2.05) is 0 Å². The van der Waals surface area contributed by atoms with Gasteiger partial charge in [-0.15, -0.1) is 0 Å². The van der Waals surface area contributed by atoms with Crippen molar-refractivity contribution in [2.24, 2.45) is 0 Å². The van der Waals surface area contributed by atoms with E-state index in [1.165, 1.54) is 11.3 Å². The molecular formula is C15H22BrN3S. The van der Waals surface area contributed by atoms with Gasteiger partial charge in [0.25, 0.3) is 0 Å². The lowest BCUT2D eigenvalue weighted by Gasteiger charge is -2.18. The maximum atomic E-state index is 4.58. The number of aryl methyl sites for hydroxylation is 2. The van der Waals surface area contributed by atoms with E-state index in [0.717, 1.165) is 36.1 Å². The van der Waals surface area contributed by atoms with Crippen LogP contribution in [-0.2, 0) is 19.4 Å². The van der Waals surface area contributed by atoms with Crippen molar-refractivity contribution in [2.45, 2.75) is 46.2 Å². The van der Waals surface area contributed by atoms with Crippen molar-refractivity contribution < 1.29 is 0 Å². The molecule has 0 amide bonds. The lowest BCUT2D eigenvalue weighted by atomic mass is 10.0. The SMILES string of the molecule is CCNC(Cc1ccsc1)Cc1c(Br)c(C)nn1CC. The van der Waals surface area contributed by atoms with Gasteiger partial charge in [-0.2, -0.15) is 16.4 Å². The molecule has 2 aromatic rings. The van der Waals surface area contributed by atoms with E-state index in [4.69, 9.17) is 0 Å². The second kappa shape index (κ2) is 7.38. The first-order valence-electron chi connectivity index (χ1n) is 7.11. The molecule has 0 bridgehead atoms. The largest absolute Gasteiger partial charge is 0.314 e. The highest BCUT2D eigenvalue weighted by Gasteiger charge is 2.17. The van der Waals surface area contributed by atoms with E-state index in [2.05, 4.69) is 68.6 Å². The summed E-state index contributed by atoms with van der Waals surface area (Å²) in [7, 11) is 0. The standard InChI is InChI=1S/C15H22BrN3S/c1-4-17-13(8-12-6-7-20-10-12)9-14-15(16)11(3)18-19(14)5-2/h6-7,10,13,17H,4-5,8-9H2,1-3H3. The van der Waals surface area contributed by atoms with E-state index >= 15 is 0 Å². The Morgan fingerprint density at radius 3 is 2.80 bits per heavy atom. The number of hydrogen-bond donors (Lipinski definition) is 1. The smallest absolute Gasteiger partial charge is 0.0738 e. The Morgan fingerprint density at radius 1 is 1.40 bits per heavy atom. The van der Waals surface area contributed by atoms with Crippen LogP contribution in [0.5, 0.6) is 0 Å². The third-order valence-corrected chi connectivity index (χ3v) is 5.21. The molecule has 2 rings (SSSR count). The monoisotopic (exact) mass is 355 g/mol. The topological polar surface area (TPSA) is 29.9 Å². The first kappa shape index (κ1) is 15.7. The molecule has 1 N–H and O–H groups in total. The minimum absolute atomic E-state index is 0.451. The van der Waals surface area contributed by atoms with Gasteiger partial charge in [-0.05, 0) is 65.1 Å². The molecule has 0 spiro atoms. The predicted molar refractivity (Wildman–Crippen MR) is 89.5 cm³/mol. The minimum atomic E-state index is 0.451. The Hall–Kier alpha value is -0.650. The molecule has 0 saturated carbocycles. The van der Waals surface area contributed by atoms with Gasteiger partial charge in [-0.3, -0.25) is 4.68 Å². The molecule has 2 aromatic heterocycles. The maximum absolute atomic E-state index is 4.58. The van der Waals surface area contributed by atoms with Gasteiger partial charge in [0.05, 0.1) is 15.9 Å². The van der Waals surface area contributed by atoms with Crippen LogP contribution in [0.4, 0.5) is 0 Å². The molecule has 0 aliphatic heterocycles. The second-order valence-corrected chi connectivity index (χ2v) is 6.53. The van der Waals surface area contributed by atoms with Crippen molar-refractivity contribution in [1.82, 2.24) is 15.1 Å². The van der Waals surface area contributed by atoms with Crippen molar-refractivity contribution in [3.63, 3.8) is 0 Å². The lowest BCUT2D eigenvalue weighted by Crippen LogP contribution is -2.33. The molecule has 0 aliphatic carbocycles. The average Bonchev–Trinajstić information content (AvgIpc) is 3.02. The van der Waals surface area contributed by atoms with Gasteiger partial charge >= 0.3 is 0 Å². The number of thiophene rings is 1. The molecule has 20 heavy (non-hydrogen) atoms. The summed E-state index contributed by atoms with van der Waals surface area (Å²) in [4.78, 5) is 0. The molecule has 0 aliphatic rings. The normalized spacial score (nSPS) is 12.8. The highest BCUT2D eigenvalue weighted by molar-refractivity contribution is 9.10. The van der Waals surface area contributed by atoms with E-state index in [-0.39, 0.29) is 0 Å². The number of likely N-dealkylation sites (N-methyl/N-ethyl adjacent to an activating group) is 1. The first-order valence-corrected chi connectivity index (χ1v) is 8.85. The number of halogens is 1. The minimum Gasteiger partial charge on any atom is -0.314 e. The summed E-state index contributed by atoms with van der Waals surface area (Å²) in [5.74, 6) is 0. The number of nitrogens with one attached hydrogen (secondary N) is 1. The van der Waals surface area contributed by atoms with Gasteiger partial charge in [-0.25, -0.2) is 0 Å². The molecule has 0 saturated heterocycles. The number of nitrogens with zero attached hydrogens (tertiary/aromatic N) is 2. The zero-order chi connectivity index (χ0) is 14.5. The van der Waals surface area contributed by atoms with Gasteiger partial charge in [0, 0.05) is 19.0 Å². The Morgan fingerprint density at radius 2 is 2.20 bits per heavy atom. The molecule has 1 unspecified atom stereocenters. The van der Waals surface area contributed by atoms with E-state index < -0.39 is 0 Å². The molecule has 3 nitrogen and oxygen atoms in total. The molecule has 5 heteroatoms. The number of hydrogen-bond acceptors (Lipinski definition) is 3. The van der Waals surface area contributed by atoms with E-state index in [9.17, 15) is 0 Å². The van der Waals surface area contributed by atoms with Gasteiger partial charge in [-0.1, -0.05) is 6.92 Å². The number of rotatable bonds is 7. The zero-order valence-electron chi connectivity index (χ0n) is 12.3. The van der Waals surface area contributed by atoms with E-state index in [1.54, 1.807) is 11.3 Å². The Balaban J connectivity index is 2.15. The fourth-order valence-electron chi connectivity index (χ4n) is 2.50. The summed E-state index contributed by atoms with van der Waals surface area (Å²) in [5.41, 5.74) is 3.79. The molecule has 0 fully saturated rings. The van der Waals surface area contributed by atoms with Crippen LogP contribution in [0, 0.1) is 6.92 Å². The van der Waals surface area contributed by atoms with Crippen LogP contribution >= 0.6 is 27.3 Å². The van der Waals surface area contributed by atoms with Crippen LogP contribution in [0.1, 0.15) is 30.8 Å².